The summed E-state index contributed by atoms with van der Waals surface area (Å²) >= 11 is 0. The Hall–Kier alpha value is -2.11. The Morgan fingerprint density at radius 2 is 1.74 bits per heavy atom. The molecule has 2 rings (SSSR count). The molecule has 19 heavy (non-hydrogen) atoms. The summed E-state index contributed by atoms with van der Waals surface area (Å²) in [7, 11) is 1.39. The van der Waals surface area contributed by atoms with Crippen molar-refractivity contribution in [3.63, 3.8) is 0 Å². The lowest BCUT2D eigenvalue weighted by Crippen LogP contribution is -2.04. The van der Waals surface area contributed by atoms with Crippen molar-refractivity contribution in [2.24, 2.45) is 0 Å². The highest BCUT2D eigenvalue weighted by Crippen LogP contribution is 2.32. The molecule has 1 heterocycles. The van der Waals surface area contributed by atoms with E-state index in [4.69, 9.17) is 4.74 Å². The fraction of sp³-hybridized carbons (Fsp3) is 0.154. The highest BCUT2D eigenvalue weighted by atomic mass is 19.4. The van der Waals surface area contributed by atoms with E-state index in [2.05, 4.69) is 4.98 Å². The summed E-state index contributed by atoms with van der Waals surface area (Å²) < 4.78 is 55.7. The standard InChI is InChI=1S/C13H9F4NO/c1-19-10-6-11(12(14)18-7-10)8-2-4-9(5-3-8)13(15,16)17/h2-7H,1H3. The van der Waals surface area contributed by atoms with Crippen LogP contribution in [0.15, 0.2) is 36.5 Å². The van der Waals surface area contributed by atoms with Crippen LogP contribution in [0.2, 0.25) is 0 Å². The molecule has 0 spiro atoms. The fourth-order valence-corrected chi connectivity index (χ4v) is 1.58. The Morgan fingerprint density at radius 1 is 1.11 bits per heavy atom. The van der Waals surface area contributed by atoms with Crippen LogP contribution in [-0.4, -0.2) is 12.1 Å². The number of halogens is 4. The molecule has 1 aromatic carbocycles. The number of ether oxygens (including phenoxy) is 1. The molecular formula is C13H9F4NO. The Labute approximate surface area is 106 Å². The van der Waals surface area contributed by atoms with Crippen LogP contribution in [0.1, 0.15) is 5.56 Å². The van der Waals surface area contributed by atoms with Gasteiger partial charge in [0.05, 0.1) is 18.9 Å². The maximum atomic E-state index is 13.5. The lowest BCUT2D eigenvalue weighted by molar-refractivity contribution is -0.137. The summed E-state index contributed by atoms with van der Waals surface area (Å²) in [5.41, 5.74) is -0.391. The van der Waals surface area contributed by atoms with Crippen LogP contribution in [0.3, 0.4) is 0 Å². The molecule has 0 amide bonds. The van der Waals surface area contributed by atoms with Crippen LogP contribution >= 0.6 is 0 Å². The van der Waals surface area contributed by atoms with Gasteiger partial charge < -0.3 is 4.74 Å². The molecule has 100 valence electrons. The predicted octanol–water partition coefficient (Wildman–Crippen LogP) is 3.92. The Balaban J connectivity index is 2.42. The molecule has 0 aliphatic carbocycles. The van der Waals surface area contributed by atoms with E-state index in [1.54, 1.807) is 0 Å². The predicted molar refractivity (Wildman–Crippen MR) is 61.2 cm³/mol. The van der Waals surface area contributed by atoms with Gasteiger partial charge in [0.15, 0.2) is 0 Å². The summed E-state index contributed by atoms with van der Waals surface area (Å²) in [4.78, 5) is 3.48. The highest BCUT2D eigenvalue weighted by Gasteiger charge is 2.30. The molecule has 2 aromatic rings. The van der Waals surface area contributed by atoms with E-state index >= 15 is 0 Å². The van der Waals surface area contributed by atoms with Crippen LogP contribution in [0.5, 0.6) is 5.75 Å². The summed E-state index contributed by atoms with van der Waals surface area (Å²) in [6, 6.07) is 5.57. The molecule has 0 saturated heterocycles. The van der Waals surface area contributed by atoms with Crippen molar-refractivity contribution in [3.8, 4) is 16.9 Å². The van der Waals surface area contributed by atoms with Gasteiger partial charge in [-0.1, -0.05) is 12.1 Å². The van der Waals surface area contributed by atoms with E-state index in [9.17, 15) is 17.6 Å². The topological polar surface area (TPSA) is 22.1 Å². The maximum Gasteiger partial charge on any atom is 0.416 e. The number of aromatic nitrogens is 1. The second-order valence-electron chi connectivity index (χ2n) is 3.79. The maximum absolute atomic E-state index is 13.5. The van der Waals surface area contributed by atoms with Gasteiger partial charge in [-0.25, -0.2) is 4.98 Å². The minimum atomic E-state index is -4.41. The SMILES string of the molecule is COc1cnc(F)c(-c2ccc(C(F)(F)F)cc2)c1. The summed E-state index contributed by atoms with van der Waals surface area (Å²) in [6.45, 7) is 0. The van der Waals surface area contributed by atoms with Gasteiger partial charge >= 0.3 is 6.18 Å². The Kier molecular flexibility index (Phi) is 3.42. The number of hydrogen-bond donors (Lipinski definition) is 0. The number of nitrogens with zero attached hydrogens (tertiary/aromatic N) is 1. The molecule has 0 aliphatic rings. The quantitative estimate of drug-likeness (QED) is 0.610. The van der Waals surface area contributed by atoms with Gasteiger partial charge in [-0.15, -0.1) is 0 Å². The van der Waals surface area contributed by atoms with Gasteiger partial charge in [-0.2, -0.15) is 17.6 Å². The van der Waals surface area contributed by atoms with Crippen molar-refractivity contribution < 1.29 is 22.3 Å². The molecule has 1 aromatic heterocycles. The second-order valence-corrected chi connectivity index (χ2v) is 3.79. The largest absolute Gasteiger partial charge is 0.495 e. The lowest BCUT2D eigenvalue weighted by Gasteiger charge is -2.09. The minimum Gasteiger partial charge on any atom is -0.495 e. The van der Waals surface area contributed by atoms with E-state index in [1.165, 1.54) is 31.5 Å². The molecule has 0 radical (unpaired) electrons. The van der Waals surface area contributed by atoms with Crippen molar-refractivity contribution in [2.75, 3.05) is 7.11 Å². The van der Waals surface area contributed by atoms with E-state index in [0.717, 1.165) is 12.1 Å². The van der Waals surface area contributed by atoms with Crippen LogP contribution in [0, 0.1) is 5.95 Å². The van der Waals surface area contributed by atoms with E-state index in [-0.39, 0.29) is 5.56 Å². The summed E-state index contributed by atoms with van der Waals surface area (Å²) in [5, 5.41) is 0. The molecule has 2 nitrogen and oxygen atoms in total. The number of methoxy groups -OCH3 is 1. The van der Waals surface area contributed by atoms with Gasteiger partial charge in [0, 0.05) is 5.56 Å². The zero-order valence-electron chi connectivity index (χ0n) is 9.83. The van der Waals surface area contributed by atoms with Crippen LogP contribution in [-0.2, 0) is 6.18 Å². The number of pyridine rings is 1. The second kappa shape index (κ2) is 4.87. The molecule has 0 fully saturated rings. The summed E-state index contributed by atoms with van der Waals surface area (Å²) in [6.07, 6.45) is -3.22. The summed E-state index contributed by atoms with van der Waals surface area (Å²) in [5.74, 6) is -0.433. The van der Waals surface area contributed by atoms with Gasteiger partial charge in [-0.05, 0) is 23.8 Å². The third-order valence-corrected chi connectivity index (χ3v) is 2.57. The smallest absolute Gasteiger partial charge is 0.416 e. The number of benzene rings is 1. The number of alkyl halides is 3. The zero-order chi connectivity index (χ0) is 14.0. The molecule has 0 saturated carbocycles. The molecule has 6 heteroatoms. The number of rotatable bonds is 2. The Bertz CT molecular complexity index is 578. The van der Waals surface area contributed by atoms with E-state index in [0.29, 0.717) is 11.3 Å². The molecule has 0 unspecified atom stereocenters. The molecular weight excluding hydrogens is 262 g/mol. The van der Waals surface area contributed by atoms with Crippen molar-refractivity contribution in [1.29, 1.82) is 0 Å². The van der Waals surface area contributed by atoms with E-state index in [1.807, 2.05) is 0 Å². The van der Waals surface area contributed by atoms with Crippen LogP contribution < -0.4 is 4.74 Å². The first-order valence-corrected chi connectivity index (χ1v) is 5.29. The first-order valence-electron chi connectivity index (χ1n) is 5.29. The molecule has 0 bridgehead atoms. The number of hydrogen-bond acceptors (Lipinski definition) is 2. The Morgan fingerprint density at radius 3 is 2.26 bits per heavy atom. The highest BCUT2D eigenvalue weighted by molar-refractivity contribution is 5.64. The van der Waals surface area contributed by atoms with Gasteiger partial charge in [0.25, 0.3) is 0 Å². The third kappa shape index (κ3) is 2.83. The average Bonchev–Trinajstić information content (AvgIpc) is 2.38. The van der Waals surface area contributed by atoms with Crippen LogP contribution in [0.4, 0.5) is 17.6 Å². The molecule has 0 N–H and O–H groups in total. The van der Waals surface area contributed by atoms with Gasteiger partial charge in [0.1, 0.15) is 5.75 Å². The molecule has 0 atom stereocenters. The third-order valence-electron chi connectivity index (χ3n) is 2.57. The van der Waals surface area contributed by atoms with Crippen molar-refractivity contribution in [2.45, 2.75) is 6.18 Å². The normalized spacial score (nSPS) is 11.4. The molecule has 0 aliphatic heterocycles. The van der Waals surface area contributed by atoms with E-state index < -0.39 is 17.7 Å². The zero-order valence-corrected chi connectivity index (χ0v) is 9.83. The minimum absolute atomic E-state index is 0.0908. The average molecular weight is 271 g/mol. The fourth-order valence-electron chi connectivity index (χ4n) is 1.58. The van der Waals surface area contributed by atoms with Crippen molar-refractivity contribution in [3.05, 3.63) is 48.0 Å². The van der Waals surface area contributed by atoms with Gasteiger partial charge in [-0.3, -0.25) is 0 Å². The monoisotopic (exact) mass is 271 g/mol. The van der Waals surface area contributed by atoms with Gasteiger partial charge in [0.2, 0.25) is 5.95 Å². The first-order chi connectivity index (χ1) is 8.91. The van der Waals surface area contributed by atoms with Crippen LogP contribution in [0.25, 0.3) is 11.1 Å². The van der Waals surface area contributed by atoms with Crippen molar-refractivity contribution in [1.82, 2.24) is 4.98 Å². The van der Waals surface area contributed by atoms with Crippen molar-refractivity contribution >= 4 is 0 Å². The lowest BCUT2D eigenvalue weighted by atomic mass is 10.0. The first kappa shape index (κ1) is 13.3.